The van der Waals surface area contributed by atoms with Crippen LogP contribution < -0.4 is 0 Å². The van der Waals surface area contributed by atoms with E-state index in [1.807, 2.05) is 36.4 Å². The number of furan rings is 2. The lowest BCUT2D eigenvalue weighted by Gasteiger charge is -2.10. The molecule has 0 amide bonds. The zero-order valence-electron chi connectivity index (χ0n) is 35.5. The minimum atomic E-state index is 0.595. The molecule has 5 heteroatoms. The first kappa shape index (κ1) is 37.6. The van der Waals surface area contributed by atoms with Gasteiger partial charge in [-0.25, -0.2) is 15.0 Å². The summed E-state index contributed by atoms with van der Waals surface area (Å²) in [5.41, 5.74) is 14.8. The van der Waals surface area contributed by atoms with Gasteiger partial charge in [0.2, 0.25) is 0 Å². The quantitative estimate of drug-likeness (QED) is 0.160. The highest BCUT2D eigenvalue weighted by Gasteiger charge is 2.19. The summed E-state index contributed by atoms with van der Waals surface area (Å²) in [5.74, 6) is 1.80. The Morgan fingerprint density at radius 1 is 0.212 bits per heavy atom. The first-order valence-electron chi connectivity index (χ1n) is 22.2. The van der Waals surface area contributed by atoms with E-state index in [-0.39, 0.29) is 0 Å². The maximum Gasteiger partial charge on any atom is 0.164 e. The lowest BCUT2D eigenvalue weighted by Crippen LogP contribution is -2.00. The van der Waals surface area contributed by atoms with Gasteiger partial charge in [0.1, 0.15) is 22.3 Å². The predicted octanol–water partition coefficient (Wildman–Crippen LogP) is 16.5. The molecule has 5 nitrogen and oxygen atoms in total. The Kier molecular flexibility index (Phi) is 8.78. The smallest absolute Gasteiger partial charge is 0.164 e. The maximum atomic E-state index is 6.87. The molecule has 10 aromatic carbocycles. The van der Waals surface area contributed by atoms with Crippen molar-refractivity contribution >= 4 is 54.6 Å². The van der Waals surface area contributed by atoms with Crippen LogP contribution in [0.25, 0.3) is 133 Å². The van der Waals surface area contributed by atoms with Gasteiger partial charge in [-0.05, 0) is 33.0 Å². The number of rotatable bonds is 7. The highest BCUT2D eigenvalue weighted by atomic mass is 16.3. The van der Waals surface area contributed by atoms with Crippen LogP contribution in [0.1, 0.15) is 0 Å². The van der Waals surface area contributed by atoms with Crippen LogP contribution in [0, 0.1) is 0 Å². The molecule has 0 bridgehead atoms. The van der Waals surface area contributed by atoms with Crippen LogP contribution >= 0.6 is 0 Å². The Morgan fingerprint density at radius 2 is 0.515 bits per heavy atom. The van der Waals surface area contributed by atoms with Gasteiger partial charge in [-0.3, -0.25) is 0 Å². The van der Waals surface area contributed by atoms with Crippen molar-refractivity contribution in [1.29, 1.82) is 0 Å². The second-order valence-corrected chi connectivity index (χ2v) is 16.7. The summed E-state index contributed by atoms with van der Waals surface area (Å²) in [6.07, 6.45) is 0. The van der Waals surface area contributed by atoms with E-state index in [2.05, 4.69) is 188 Å². The van der Waals surface area contributed by atoms with Crippen LogP contribution in [0.3, 0.4) is 0 Å². The van der Waals surface area contributed by atoms with Gasteiger partial charge in [-0.15, -0.1) is 0 Å². The first-order chi connectivity index (χ1) is 32.7. The number of benzene rings is 10. The number of para-hydroxylation sites is 4. The second kappa shape index (κ2) is 15.4. The van der Waals surface area contributed by atoms with Gasteiger partial charge in [0.05, 0.1) is 0 Å². The van der Waals surface area contributed by atoms with Gasteiger partial charge in [-0.1, -0.05) is 224 Å². The standard InChI is InChI=1S/C61H37N3O2/c1-3-14-39(15-4-1)46-21-10-26-51-52-27-11-22-47(56(52)65-55(46)51)40-30-34-43(35-31-40)60-62-59(42-17-5-2-6-18-42)63-61(64-60)44-36-32-41(33-37-44)48-23-12-28-53-54-29-13-25-50(58(54)66-57(48)53)49-24-9-19-38-16-7-8-20-45(38)49/h1-37H. The molecule has 0 aliphatic rings. The fourth-order valence-electron chi connectivity index (χ4n) is 9.56. The summed E-state index contributed by atoms with van der Waals surface area (Å²) in [7, 11) is 0. The summed E-state index contributed by atoms with van der Waals surface area (Å²) in [6, 6.07) is 77.9. The molecule has 0 fully saturated rings. The van der Waals surface area contributed by atoms with Gasteiger partial charge in [0, 0.05) is 60.5 Å². The predicted molar refractivity (Wildman–Crippen MR) is 270 cm³/mol. The summed E-state index contributed by atoms with van der Waals surface area (Å²) < 4.78 is 13.6. The molecule has 0 unspecified atom stereocenters. The first-order valence-corrected chi connectivity index (χ1v) is 22.2. The molecule has 3 heterocycles. The monoisotopic (exact) mass is 843 g/mol. The third-order valence-electron chi connectivity index (χ3n) is 12.8. The fraction of sp³-hybridized carbons (Fsp3) is 0. The largest absolute Gasteiger partial charge is 0.455 e. The summed E-state index contributed by atoms with van der Waals surface area (Å²) >= 11 is 0. The average Bonchev–Trinajstić information content (AvgIpc) is 3.98. The maximum absolute atomic E-state index is 6.87. The topological polar surface area (TPSA) is 65.0 Å². The summed E-state index contributed by atoms with van der Waals surface area (Å²) in [4.78, 5) is 15.2. The minimum Gasteiger partial charge on any atom is -0.455 e. The normalized spacial score (nSPS) is 11.6. The van der Waals surface area contributed by atoms with Crippen LogP contribution in [0.15, 0.2) is 233 Å². The van der Waals surface area contributed by atoms with Gasteiger partial charge < -0.3 is 8.83 Å². The van der Waals surface area contributed by atoms with Crippen LogP contribution in [0.4, 0.5) is 0 Å². The van der Waals surface area contributed by atoms with Gasteiger partial charge in [0.15, 0.2) is 17.5 Å². The van der Waals surface area contributed by atoms with Crippen molar-refractivity contribution in [2.45, 2.75) is 0 Å². The summed E-state index contributed by atoms with van der Waals surface area (Å²) in [5, 5.41) is 6.77. The van der Waals surface area contributed by atoms with Crippen molar-refractivity contribution < 1.29 is 8.83 Å². The Hall–Kier alpha value is -8.93. The van der Waals surface area contributed by atoms with E-state index in [4.69, 9.17) is 23.8 Å². The SMILES string of the molecule is c1ccc(-c2nc(-c3ccc(-c4cccc5c4oc4c(-c6ccccc6)cccc45)cc3)nc(-c3ccc(-c4cccc5c4oc4c(-c6cccc7ccccc67)cccc45)cc3)n2)cc1. The molecule has 66 heavy (non-hydrogen) atoms. The van der Waals surface area contributed by atoms with Crippen molar-refractivity contribution in [3.05, 3.63) is 224 Å². The van der Waals surface area contributed by atoms with E-state index in [1.54, 1.807) is 0 Å². The van der Waals surface area contributed by atoms with E-state index in [0.717, 1.165) is 105 Å². The van der Waals surface area contributed by atoms with Crippen molar-refractivity contribution in [2.24, 2.45) is 0 Å². The number of hydrogen-bond acceptors (Lipinski definition) is 5. The van der Waals surface area contributed by atoms with Crippen molar-refractivity contribution in [1.82, 2.24) is 15.0 Å². The molecule has 0 aliphatic heterocycles. The van der Waals surface area contributed by atoms with E-state index in [1.165, 1.54) is 10.8 Å². The fourth-order valence-corrected chi connectivity index (χ4v) is 9.56. The van der Waals surface area contributed by atoms with Gasteiger partial charge in [-0.2, -0.15) is 0 Å². The zero-order valence-corrected chi connectivity index (χ0v) is 35.5. The van der Waals surface area contributed by atoms with Crippen LogP contribution in [0.2, 0.25) is 0 Å². The van der Waals surface area contributed by atoms with Gasteiger partial charge >= 0.3 is 0 Å². The summed E-state index contributed by atoms with van der Waals surface area (Å²) in [6.45, 7) is 0. The molecular formula is C61H37N3O2. The second-order valence-electron chi connectivity index (χ2n) is 16.7. The van der Waals surface area contributed by atoms with Crippen LogP contribution in [0.5, 0.6) is 0 Å². The molecule has 0 spiro atoms. The number of aromatic nitrogens is 3. The van der Waals surface area contributed by atoms with Gasteiger partial charge in [0.25, 0.3) is 0 Å². The highest BCUT2D eigenvalue weighted by Crippen LogP contribution is 2.43. The van der Waals surface area contributed by atoms with E-state index in [9.17, 15) is 0 Å². The Bertz CT molecular complexity index is 3960. The van der Waals surface area contributed by atoms with Crippen molar-refractivity contribution in [3.63, 3.8) is 0 Å². The molecule has 0 saturated carbocycles. The van der Waals surface area contributed by atoms with E-state index in [0.29, 0.717) is 17.5 Å². The lowest BCUT2D eigenvalue weighted by molar-refractivity contribution is 0.670. The molecule has 0 radical (unpaired) electrons. The molecule has 0 aliphatic carbocycles. The van der Waals surface area contributed by atoms with E-state index >= 15 is 0 Å². The molecule has 0 N–H and O–H groups in total. The van der Waals surface area contributed by atoms with Crippen LogP contribution in [-0.4, -0.2) is 15.0 Å². The minimum absolute atomic E-state index is 0.595. The number of nitrogens with zero attached hydrogens (tertiary/aromatic N) is 3. The molecule has 308 valence electrons. The van der Waals surface area contributed by atoms with Crippen molar-refractivity contribution in [3.8, 4) is 78.7 Å². The molecule has 0 saturated heterocycles. The Morgan fingerprint density at radius 3 is 1.00 bits per heavy atom. The lowest BCUT2D eigenvalue weighted by atomic mass is 9.96. The zero-order chi connectivity index (χ0) is 43.6. The number of hydrogen-bond donors (Lipinski definition) is 0. The highest BCUT2D eigenvalue weighted by molar-refractivity contribution is 6.15. The van der Waals surface area contributed by atoms with E-state index < -0.39 is 0 Å². The molecular weight excluding hydrogens is 807 g/mol. The average molecular weight is 844 g/mol. The Labute approximate surface area is 379 Å². The molecule has 13 aromatic rings. The van der Waals surface area contributed by atoms with Crippen LogP contribution in [-0.2, 0) is 0 Å². The molecule has 0 atom stereocenters. The third-order valence-corrected chi connectivity index (χ3v) is 12.8. The molecule has 3 aromatic heterocycles. The van der Waals surface area contributed by atoms with Crippen molar-refractivity contribution in [2.75, 3.05) is 0 Å². The molecule has 13 rings (SSSR count). The number of fused-ring (bicyclic) bond motifs is 7. The third kappa shape index (κ3) is 6.28. The Balaban J connectivity index is 0.866.